The number of hydrogen-bond acceptors (Lipinski definition) is 2. The quantitative estimate of drug-likeness (QED) is 0.859. The Morgan fingerprint density at radius 3 is 2.62 bits per heavy atom. The third-order valence-corrected chi connectivity index (χ3v) is 2.25. The second kappa shape index (κ2) is 4.71. The second-order valence-corrected chi connectivity index (χ2v) is 3.31. The molecule has 0 heterocycles. The SMILES string of the molecule is Cc1ccc(C(F)F)c(C#N)c1CC(=O)O. The van der Waals surface area contributed by atoms with Gasteiger partial charge in [0.1, 0.15) is 0 Å². The van der Waals surface area contributed by atoms with Gasteiger partial charge in [0.05, 0.1) is 18.1 Å². The Bertz CT molecular complexity index is 464. The monoisotopic (exact) mass is 225 g/mol. The van der Waals surface area contributed by atoms with Gasteiger partial charge in [-0.15, -0.1) is 0 Å². The first kappa shape index (κ1) is 12.1. The largest absolute Gasteiger partial charge is 0.481 e. The van der Waals surface area contributed by atoms with E-state index in [1.54, 1.807) is 13.0 Å². The minimum Gasteiger partial charge on any atom is -0.481 e. The van der Waals surface area contributed by atoms with Crippen molar-refractivity contribution < 1.29 is 18.7 Å². The number of halogens is 2. The number of carboxylic acid groups (broad SMARTS) is 1. The summed E-state index contributed by atoms with van der Waals surface area (Å²) in [5, 5.41) is 17.5. The molecular weight excluding hydrogens is 216 g/mol. The van der Waals surface area contributed by atoms with Gasteiger partial charge in [-0.05, 0) is 18.1 Å². The summed E-state index contributed by atoms with van der Waals surface area (Å²) in [6.45, 7) is 1.59. The molecule has 1 aromatic rings. The van der Waals surface area contributed by atoms with Gasteiger partial charge in [0.15, 0.2) is 0 Å². The molecule has 0 spiro atoms. The molecule has 0 fully saturated rings. The molecule has 3 nitrogen and oxygen atoms in total. The summed E-state index contributed by atoms with van der Waals surface area (Å²) in [7, 11) is 0. The first-order chi connectivity index (χ1) is 7.47. The van der Waals surface area contributed by atoms with E-state index in [1.807, 2.05) is 0 Å². The highest BCUT2D eigenvalue weighted by molar-refractivity contribution is 5.72. The van der Waals surface area contributed by atoms with Crippen molar-refractivity contribution in [1.82, 2.24) is 0 Å². The molecule has 0 saturated carbocycles. The van der Waals surface area contributed by atoms with E-state index in [-0.39, 0.29) is 11.1 Å². The van der Waals surface area contributed by atoms with Crippen molar-refractivity contribution in [3.8, 4) is 6.07 Å². The smallest absolute Gasteiger partial charge is 0.307 e. The van der Waals surface area contributed by atoms with E-state index in [1.165, 1.54) is 6.07 Å². The van der Waals surface area contributed by atoms with E-state index >= 15 is 0 Å². The van der Waals surface area contributed by atoms with Crippen LogP contribution in [0.1, 0.15) is 28.7 Å². The van der Waals surface area contributed by atoms with Gasteiger partial charge in [0.25, 0.3) is 6.43 Å². The number of alkyl halides is 2. The third kappa shape index (κ3) is 2.34. The van der Waals surface area contributed by atoms with E-state index in [4.69, 9.17) is 10.4 Å². The van der Waals surface area contributed by atoms with Crippen LogP contribution in [0.5, 0.6) is 0 Å². The summed E-state index contributed by atoms with van der Waals surface area (Å²) >= 11 is 0. The number of nitriles is 1. The minimum absolute atomic E-state index is 0.160. The van der Waals surface area contributed by atoms with Crippen molar-refractivity contribution in [2.45, 2.75) is 19.8 Å². The summed E-state index contributed by atoms with van der Waals surface area (Å²) < 4.78 is 25.1. The highest BCUT2D eigenvalue weighted by Crippen LogP contribution is 2.27. The zero-order valence-electron chi connectivity index (χ0n) is 8.50. The molecule has 1 aromatic carbocycles. The Morgan fingerprint density at radius 2 is 2.19 bits per heavy atom. The second-order valence-electron chi connectivity index (χ2n) is 3.31. The van der Waals surface area contributed by atoms with Gasteiger partial charge in [-0.2, -0.15) is 5.26 Å². The Balaban J connectivity index is 3.39. The highest BCUT2D eigenvalue weighted by atomic mass is 19.3. The molecule has 0 aliphatic heterocycles. The number of aliphatic carboxylic acids is 1. The maximum Gasteiger partial charge on any atom is 0.307 e. The average Bonchev–Trinajstić information content (AvgIpc) is 2.19. The number of hydrogen-bond donors (Lipinski definition) is 1. The Kier molecular flexibility index (Phi) is 3.56. The fourth-order valence-corrected chi connectivity index (χ4v) is 1.46. The van der Waals surface area contributed by atoms with Gasteiger partial charge < -0.3 is 5.11 Å². The minimum atomic E-state index is -2.78. The summed E-state index contributed by atoms with van der Waals surface area (Å²) in [5.41, 5.74) is 0.0536. The van der Waals surface area contributed by atoms with Crippen molar-refractivity contribution in [3.63, 3.8) is 0 Å². The van der Waals surface area contributed by atoms with E-state index in [2.05, 4.69) is 0 Å². The maximum atomic E-state index is 12.6. The molecule has 5 heteroatoms. The van der Waals surface area contributed by atoms with Crippen molar-refractivity contribution >= 4 is 5.97 Å². The Hall–Kier alpha value is -1.96. The van der Waals surface area contributed by atoms with Gasteiger partial charge >= 0.3 is 5.97 Å². The van der Waals surface area contributed by atoms with Crippen LogP contribution in [0.2, 0.25) is 0 Å². The molecule has 0 amide bonds. The number of aryl methyl sites for hydroxylation is 1. The summed E-state index contributed by atoms with van der Waals surface area (Å²) in [4.78, 5) is 10.6. The number of rotatable bonds is 3. The molecule has 84 valence electrons. The molecule has 0 saturated heterocycles. The standard InChI is InChI=1S/C11H9F2NO2/c1-6-2-3-7(11(12)13)9(5-14)8(6)4-10(15)16/h2-3,11H,4H2,1H3,(H,15,16). The van der Waals surface area contributed by atoms with Crippen LogP contribution in [0, 0.1) is 18.3 Å². The van der Waals surface area contributed by atoms with Crippen molar-refractivity contribution in [3.05, 3.63) is 34.4 Å². The summed E-state index contributed by atoms with van der Waals surface area (Å²) in [6.07, 6.45) is -3.20. The summed E-state index contributed by atoms with van der Waals surface area (Å²) in [5.74, 6) is -1.15. The first-order valence-electron chi connectivity index (χ1n) is 4.49. The predicted octanol–water partition coefficient (Wildman–Crippen LogP) is 2.43. The van der Waals surface area contributed by atoms with Crippen LogP contribution in [0.25, 0.3) is 0 Å². The lowest BCUT2D eigenvalue weighted by atomic mass is 9.95. The molecule has 0 radical (unpaired) electrons. The van der Waals surface area contributed by atoms with Gasteiger partial charge in [-0.25, -0.2) is 8.78 Å². The lowest BCUT2D eigenvalue weighted by Gasteiger charge is -2.10. The molecule has 1 rings (SSSR count). The van der Waals surface area contributed by atoms with Crippen molar-refractivity contribution in [2.24, 2.45) is 0 Å². The molecule has 0 aliphatic rings. The van der Waals surface area contributed by atoms with E-state index in [0.29, 0.717) is 5.56 Å². The third-order valence-electron chi connectivity index (χ3n) is 2.25. The zero-order chi connectivity index (χ0) is 12.3. The number of carbonyl (C=O) groups is 1. The Morgan fingerprint density at radius 1 is 1.56 bits per heavy atom. The first-order valence-corrected chi connectivity index (χ1v) is 4.49. The van der Waals surface area contributed by atoms with Crippen LogP contribution < -0.4 is 0 Å². The molecule has 16 heavy (non-hydrogen) atoms. The highest BCUT2D eigenvalue weighted by Gasteiger charge is 2.19. The molecule has 0 bridgehead atoms. The zero-order valence-corrected chi connectivity index (χ0v) is 8.50. The summed E-state index contributed by atoms with van der Waals surface area (Å²) in [6, 6.07) is 4.21. The fraction of sp³-hybridized carbons (Fsp3) is 0.273. The topological polar surface area (TPSA) is 61.1 Å². The van der Waals surface area contributed by atoms with Crippen LogP contribution in [0.3, 0.4) is 0 Å². The number of carboxylic acids is 1. The lowest BCUT2D eigenvalue weighted by molar-refractivity contribution is -0.136. The van der Waals surface area contributed by atoms with E-state index in [0.717, 1.165) is 6.07 Å². The molecule has 1 N–H and O–H groups in total. The van der Waals surface area contributed by atoms with Gasteiger partial charge in [-0.3, -0.25) is 4.79 Å². The lowest BCUT2D eigenvalue weighted by Crippen LogP contribution is -2.07. The van der Waals surface area contributed by atoms with Crippen LogP contribution >= 0.6 is 0 Å². The van der Waals surface area contributed by atoms with E-state index < -0.39 is 24.4 Å². The molecule has 0 atom stereocenters. The number of benzene rings is 1. The van der Waals surface area contributed by atoms with Crippen molar-refractivity contribution in [1.29, 1.82) is 5.26 Å². The van der Waals surface area contributed by atoms with Gasteiger partial charge in [-0.1, -0.05) is 12.1 Å². The van der Waals surface area contributed by atoms with Crippen molar-refractivity contribution in [2.75, 3.05) is 0 Å². The van der Waals surface area contributed by atoms with Crippen LogP contribution in [-0.4, -0.2) is 11.1 Å². The van der Waals surface area contributed by atoms with Crippen LogP contribution in [0.15, 0.2) is 12.1 Å². The van der Waals surface area contributed by atoms with E-state index in [9.17, 15) is 13.6 Å². The number of nitrogens with zero attached hydrogens (tertiary/aromatic N) is 1. The maximum absolute atomic E-state index is 12.6. The normalized spacial score (nSPS) is 10.2. The fourth-order valence-electron chi connectivity index (χ4n) is 1.46. The molecule has 0 unspecified atom stereocenters. The van der Waals surface area contributed by atoms with Gasteiger partial charge in [0, 0.05) is 5.56 Å². The molecule has 0 aromatic heterocycles. The molecular formula is C11H9F2NO2. The van der Waals surface area contributed by atoms with Crippen LogP contribution in [0.4, 0.5) is 8.78 Å². The predicted molar refractivity (Wildman–Crippen MR) is 52.2 cm³/mol. The van der Waals surface area contributed by atoms with Crippen LogP contribution in [-0.2, 0) is 11.2 Å². The average molecular weight is 225 g/mol. The Labute approximate surface area is 90.9 Å². The molecule has 0 aliphatic carbocycles. The van der Waals surface area contributed by atoms with Gasteiger partial charge in [0.2, 0.25) is 0 Å².